The van der Waals surface area contributed by atoms with E-state index >= 15 is 0 Å². The van der Waals surface area contributed by atoms with Crippen molar-refractivity contribution >= 4 is 58.1 Å². The maximum absolute atomic E-state index is 13.4. The Morgan fingerprint density at radius 3 is 1.85 bits per heavy atom. The number of halogens is 1. The fourth-order valence-corrected chi connectivity index (χ4v) is 6.55. The first-order valence-electron chi connectivity index (χ1n) is 19.5. The van der Waals surface area contributed by atoms with E-state index in [9.17, 15) is 29.1 Å². The Morgan fingerprint density at radius 1 is 0.780 bits per heavy atom. The molecule has 0 spiro atoms. The van der Waals surface area contributed by atoms with E-state index in [1.165, 1.54) is 68.6 Å². The second-order valence-corrected chi connectivity index (χ2v) is 14.4. The maximum atomic E-state index is 13.4. The van der Waals surface area contributed by atoms with Crippen LogP contribution in [-0.2, 0) is 25.7 Å². The smallest absolute Gasteiger partial charge is 0.258 e. The van der Waals surface area contributed by atoms with Crippen molar-refractivity contribution in [3.63, 3.8) is 0 Å². The molecule has 2 aliphatic rings. The first kappa shape index (κ1) is 44.8. The van der Waals surface area contributed by atoms with Gasteiger partial charge in [-0.25, -0.2) is 0 Å². The standard InChI is InChI=1S/C41H51ClN8O9/c1-27(52)37(41(56)46-35-24-31(26-51)34(42)25-36(35)57-2)48-47-32-7-5-28(6-8-32)40(55)45-33-22-29(38(53)43-9-3-11-49-13-17-58-18-14-49)21-30(23-33)39(54)44-10-4-12-50-15-19-59-20-16-50/h5-8,21-25,37,51H,3-4,9-20,26H2,1-2H3,(H,43,53)(H,44,54)(H,45,55)(H,46,56)/b48-47-. The van der Waals surface area contributed by atoms with E-state index in [1.807, 2.05) is 0 Å². The fraction of sp³-hybridized carbons (Fsp3) is 0.439. The molecule has 0 aromatic heterocycles. The maximum Gasteiger partial charge on any atom is 0.258 e. The van der Waals surface area contributed by atoms with Gasteiger partial charge in [-0.15, -0.1) is 0 Å². The molecule has 5 rings (SSSR count). The Labute approximate surface area is 347 Å². The van der Waals surface area contributed by atoms with E-state index in [2.05, 4.69) is 41.3 Å². The largest absolute Gasteiger partial charge is 0.495 e. The van der Waals surface area contributed by atoms with Crippen molar-refractivity contribution in [3.05, 3.63) is 81.9 Å². The molecule has 2 saturated heterocycles. The average molecular weight is 835 g/mol. The number of nitrogens with zero attached hydrogens (tertiary/aromatic N) is 4. The Morgan fingerprint density at radius 2 is 1.34 bits per heavy atom. The number of aliphatic hydroxyl groups is 1. The molecule has 18 heteroatoms. The molecule has 0 radical (unpaired) electrons. The van der Waals surface area contributed by atoms with Gasteiger partial charge in [-0.1, -0.05) is 11.6 Å². The highest BCUT2D eigenvalue weighted by molar-refractivity contribution is 6.31. The van der Waals surface area contributed by atoms with Crippen LogP contribution < -0.4 is 26.0 Å². The van der Waals surface area contributed by atoms with Crippen LogP contribution in [0, 0.1) is 0 Å². The summed E-state index contributed by atoms with van der Waals surface area (Å²) in [5.74, 6) is -2.42. The Kier molecular flexibility index (Phi) is 17.3. The van der Waals surface area contributed by atoms with E-state index in [1.54, 1.807) is 0 Å². The molecule has 2 heterocycles. The summed E-state index contributed by atoms with van der Waals surface area (Å²) in [4.78, 5) is 70.1. The molecule has 1 unspecified atom stereocenters. The molecule has 0 aliphatic carbocycles. The van der Waals surface area contributed by atoms with Crippen molar-refractivity contribution in [3.8, 4) is 5.75 Å². The highest BCUT2D eigenvalue weighted by Crippen LogP contribution is 2.32. The lowest BCUT2D eigenvalue weighted by Gasteiger charge is -2.26. The van der Waals surface area contributed by atoms with Crippen LogP contribution in [0.1, 0.15) is 56.4 Å². The van der Waals surface area contributed by atoms with Crippen LogP contribution in [0.25, 0.3) is 0 Å². The van der Waals surface area contributed by atoms with Gasteiger partial charge in [-0.2, -0.15) is 10.2 Å². The van der Waals surface area contributed by atoms with E-state index in [0.717, 1.165) is 52.1 Å². The summed E-state index contributed by atoms with van der Waals surface area (Å²) in [5.41, 5.74) is 1.69. The summed E-state index contributed by atoms with van der Waals surface area (Å²) in [6.45, 7) is 9.47. The molecule has 59 heavy (non-hydrogen) atoms. The number of amides is 4. The van der Waals surface area contributed by atoms with Gasteiger partial charge < -0.3 is 40.6 Å². The van der Waals surface area contributed by atoms with Crippen molar-refractivity contribution in [1.29, 1.82) is 0 Å². The Hall–Kier alpha value is -5.30. The van der Waals surface area contributed by atoms with Crippen molar-refractivity contribution in [1.82, 2.24) is 20.4 Å². The number of anilines is 2. The molecule has 2 aliphatic heterocycles. The lowest BCUT2D eigenvalue weighted by Crippen LogP contribution is -2.38. The van der Waals surface area contributed by atoms with Crippen molar-refractivity contribution in [2.45, 2.75) is 32.4 Å². The second kappa shape index (κ2) is 22.7. The highest BCUT2D eigenvalue weighted by atomic mass is 35.5. The van der Waals surface area contributed by atoms with Gasteiger partial charge in [-0.05, 0) is 86.9 Å². The third-order valence-electron chi connectivity index (χ3n) is 9.64. The van der Waals surface area contributed by atoms with Crippen LogP contribution >= 0.6 is 11.6 Å². The second-order valence-electron chi connectivity index (χ2n) is 13.9. The van der Waals surface area contributed by atoms with E-state index in [-0.39, 0.29) is 62.9 Å². The number of benzene rings is 3. The quantitative estimate of drug-likeness (QED) is 0.0668. The number of ether oxygens (including phenoxy) is 3. The molecule has 0 bridgehead atoms. The van der Waals surface area contributed by atoms with Crippen LogP contribution in [0.5, 0.6) is 5.75 Å². The average Bonchev–Trinajstić information content (AvgIpc) is 3.25. The number of ketones is 1. The number of hydrogen-bond acceptors (Lipinski definition) is 13. The predicted octanol–water partition coefficient (Wildman–Crippen LogP) is 3.68. The molecule has 1 atom stereocenters. The summed E-state index contributed by atoms with van der Waals surface area (Å²) in [5, 5.41) is 29.1. The molecule has 4 amide bonds. The molecule has 3 aromatic carbocycles. The van der Waals surface area contributed by atoms with Gasteiger partial charge in [-0.3, -0.25) is 33.8 Å². The van der Waals surface area contributed by atoms with E-state index < -0.39 is 23.6 Å². The molecule has 2 fully saturated rings. The molecule has 5 N–H and O–H groups in total. The van der Waals surface area contributed by atoms with Crippen LogP contribution in [-0.4, -0.2) is 136 Å². The number of aliphatic hydroxyl groups excluding tert-OH is 1. The zero-order valence-corrected chi connectivity index (χ0v) is 34.0. The molecule has 0 saturated carbocycles. The predicted molar refractivity (Wildman–Crippen MR) is 221 cm³/mol. The van der Waals surface area contributed by atoms with Gasteiger partial charge >= 0.3 is 0 Å². The lowest BCUT2D eigenvalue weighted by atomic mass is 10.1. The van der Waals surface area contributed by atoms with Gasteiger partial charge in [0.25, 0.3) is 23.6 Å². The van der Waals surface area contributed by atoms with Crippen LogP contribution in [0.3, 0.4) is 0 Å². The summed E-state index contributed by atoms with van der Waals surface area (Å²) in [7, 11) is 1.38. The lowest BCUT2D eigenvalue weighted by molar-refractivity contribution is -0.126. The molecular weight excluding hydrogens is 784 g/mol. The van der Waals surface area contributed by atoms with Gasteiger partial charge in [0.2, 0.25) is 6.04 Å². The van der Waals surface area contributed by atoms with Crippen molar-refractivity contribution < 1.29 is 43.3 Å². The molecule has 17 nitrogen and oxygen atoms in total. The molecular formula is C41H51ClN8O9. The fourth-order valence-electron chi connectivity index (χ4n) is 6.34. The molecule has 3 aromatic rings. The third kappa shape index (κ3) is 13.6. The first-order valence-corrected chi connectivity index (χ1v) is 19.8. The number of carbonyl (C=O) groups excluding carboxylic acids is 5. The number of methoxy groups -OCH3 is 1. The van der Waals surface area contributed by atoms with Crippen LogP contribution in [0.2, 0.25) is 5.02 Å². The number of Topliss-reactive ketones (excluding diaryl/α,β-unsaturated/α-hetero) is 1. The minimum Gasteiger partial charge on any atom is -0.495 e. The Bertz CT molecular complexity index is 1910. The van der Waals surface area contributed by atoms with Crippen LogP contribution in [0.4, 0.5) is 17.1 Å². The monoisotopic (exact) mass is 834 g/mol. The number of carbonyl (C=O) groups is 5. The number of rotatable bonds is 19. The van der Waals surface area contributed by atoms with Crippen molar-refractivity contribution in [2.75, 3.05) is 96.5 Å². The zero-order chi connectivity index (χ0) is 42.1. The highest BCUT2D eigenvalue weighted by Gasteiger charge is 2.25. The number of nitrogens with one attached hydrogen (secondary N) is 4. The zero-order valence-electron chi connectivity index (χ0n) is 33.3. The summed E-state index contributed by atoms with van der Waals surface area (Å²) in [6.07, 6.45) is 1.48. The van der Waals surface area contributed by atoms with Gasteiger partial charge in [0, 0.05) is 72.7 Å². The summed E-state index contributed by atoms with van der Waals surface area (Å²) in [6, 6.07) is 11.8. The normalized spacial score (nSPS) is 15.3. The van der Waals surface area contributed by atoms with Gasteiger partial charge in [0.1, 0.15) is 5.75 Å². The number of hydrogen-bond donors (Lipinski definition) is 5. The number of azo groups is 1. The summed E-state index contributed by atoms with van der Waals surface area (Å²) >= 11 is 6.13. The topological polar surface area (TPSA) is 213 Å². The van der Waals surface area contributed by atoms with Gasteiger partial charge in [0.15, 0.2) is 5.78 Å². The van der Waals surface area contributed by atoms with Gasteiger partial charge in [0.05, 0.1) is 51.5 Å². The SMILES string of the molecule is COc1cc(Cl)c(CO)cc1NC(=O)C(/N=N\c1ccc(C(=O)Nc2cc(C(=O)NCCCN3CCOCC3)cc(C(=O)NCCCN3CCOCC3)c2)cc1)C(C)=O. The van der Waals surface area contributed by atoms with Crippen molar-refractivity contribution in [2.24, 2.45) is 10.2 Å². The summed E-state index contributed by atoms with van der Waals surface area (Å²) < 4.78 is 16.1. The minimum atomic E-state index is -1.51. The Balaban J connectivity index is 1.23. The minimum absolute atomic E-state index is 0.181. The van der Waals surface area contributed by atoms with E-state index in [0.29, 0.717) is 45.1 Å². The first-order chi connectivity index (χ1) is 28.5. The third-order valence-corrected chi connectivity index (χ3v) is 10.00. The number of morpholine rings is 2. The van der Waals surface area contributed by atoms with Crippen LogP contribution in [0.15, 0.2) is 64.8 Å². The molecule has 316 valence electrons. The van der Waals surface area contributed by atoms with E-state index in [4.69, 9.17) is 25.8 Å².